The molecule has 0 saturated carbocycles. The van der Waals surface area contributed by atoms with Crippen LogP contribution in [0.5, 0.6) is 5.75 Å². The normalized spacial score (nSPS) is 28.5. The van der Waals surface area contributed by atoms with Crippen LogP contribution in [0.4, 0.5) is 0 Å². The molecule has 120 valence electrons. The van der Waals surface area contributed by atoms with Gasteiger partial charge in [-0.25, -0.2) is 0 Å². The number of nitrogens with zero attached hydrogens (tertiary/aromatic N) is 1. The van der Waals surface area contributed by atoms with E-state index < -0.39 is 0 Å². The number of fused-ring (bicyclic) bond motifs is 1. The number of halogens is 1. The molecule has 4 rings (SSSR count). The molecular weight excluding hydrogens is 340 g/mol. The Kier molecular flexibility index (Phi) is 3.95. The maximum Gasteiger partial charge on any atom is 0.123 e. The quantitative estimate of drug-likeness (QED) is 0.826. The van der Waals surface area contributed by atoms with Crippen molar-refractivity contribution in [2.45, 2.75) is 37.2 Å². The number of rotatable bonds is 1. The molecule has 3 aliphatic heterocycles. The second-order valence-corrected chi connectivity index (χ2v) is 8.13. The van der Waals surface area contributed by atoms with E-state index in [0.29, 0.717) is 5.92 Å². The Bertz CT molecular complexity index is 548. The van der Waals surface area contributed by atoms with E-state index in [1.165, 1.54) is 36.0 Å². The van der Waals surface area contributed by atoms with E-state index in [0.717, 1.165) is 37.6 Å². The van der Waals surface area contributed by atoms with Crippen molar-refractivity contribution in [1.82, 2.24) is 10.2 Å². The van der Waals surface area contributed by atoms with E-state index in [-0.39, 0.29) is 5.60 Å². The van der Waals surface area contributed by atoms with Crippen LogP contribution in [0.3, 0.4) is 0 Å². The summed E-state index contributed by atoms with van der Waals surface area (Å²) in [5.74, 6) is 2.45. The first-order valence-electron chi connectivity index (χ1n) is 8.56. The lowest BCUT2D eigenvalue weighted by molar-refractivity contribution is 0.00703. The molecule has 0 radical (unpaired) electrons. The summed E-state index contributed by atoms with van der Waals surface area (Å²) in [6.45, 7) is 4.61. The van der Waals surface area contributed by atoms with Gasteiger partial charge < -0.3 is 15.0 Å². The van der Waals surface area contributed by atoms with E-state index in [1.54, 1.807) is 0 Å². The van der Waals surface area contributed by atoms with Gasteiger partial charge in [-0.2, -0.15) is 0 Å². The highest BCUT2D eigenvalue weighted by atomic mass is 79.9. The second kappa shape index (κ2) is 5.81. The van der Waals surface area contributed by atoms with Crippen LogP contribution in [0.1, 0.15) is 37.2 Å². The minimum absolute atomic E-state index is 0.0367. The topological polar surface area (TPSA) is 24.5 Å². The summed E-state index contributed by atoms with van der Waals surface area (Å²) in [6, 6.07) is 6.60. The molecule has 1 aromatic carbocycles. The summed E-state index contributed by atoms with van der Waals surface area (Å²) in [5, 5.41) is 3.51. The van der Waals surface area contributed by atoms with Gasteiger partial charge in [-0.05, 0) is 70.2 Å². The largest absolute Gasteiger partial charge is 0.486 e. The summed E-state index contributed by atoms with van der Waals surface area (Å²) in [5.41, 5.74) is 1.49. The number of benzene rings is 1. The van der Waals surface area contributed by atoms with Gasteiger partial charge in [-0.1, -0.05) is 15.9 Å². The van der Waals surface area contributed by atoms with Gasteiger partial charge in [0.2, 0.25) is 0 Å². The van der Waals surface area contributed by atoms with Crippen molar-refractivity contribution in [1.29, 1.82) is 0 Å². The van der Waals surface area contributed by atoms with Crippen molar-refractivity contribution in [2.24, 2.45) is 5.92 Å². The molecule has 0 unspecified atom stereocenters. The van der Waals surface area contributed by atoms with Gasteiger partial charge in [0, 0.05) is 28.8 Å². The van der Waals surface area contributed by atoms with Gasteiger partial charge >= 0.3 is 0 Å². The number of piperidine rings is 2. The van der Waals surface area contributed by atoms with Gasteiger partial charge in [0.25, 0.3) is 0 Å². The lowest BCUT2D eigenvalue weighted by Crippen LogP contribution is -2.50. The molecule has 3 nitrogen and oxygen atoms in total. The van der Waals surface area contributed by atoms with E-state index in [1.807, 2.05) is 0 Å². The first kappa shape index (κ1) is 15.0. The molecule has 3 aliphatic rings. The zero-order chi connectivity index (χ0) is 15.2. The molecule has 1 aromatic rings. The SMILES string of the molecule is CN1CCC([C@@H]2c3cc(Br)ccc3OC23CCNCC3)CC1. The van der Waals surface area contributed by atoms with Crippen molar-refractivity contribution in [3.05, 3.63) is 28.2 Å². The minimum Gasteiger partial charge on any atom is -0.486 e. The van der Waals surface area contributed by atoms with Crippen molar-refractivity contribution >= 4 is 15.9 Å². The molecule has 0 amide bonds. The summed E-state index contributed by atoms with van der Waals surface area (Å²) in [6.07, 6.45) is 4.87. The zero-order valence-corrected chi connectivity index (χ0v) is 14.9. The molecule has 22 heavy (non-hydrogen) atoms. The third kappa shape index (κ3) is 2.49. The second-order valence-electron chi connectivity index (χ2n) is 7.22. The van der Waals surface area contributed by atoms with Crippen molar-refractivity contribution in [3.63, 3.8) is 0 Å². The molecule has 3 heterocycles. The molecule has 1 atom stereocenters. The predicted octanol–water partition coefficient (Wildman–Crippen LogP) is 3.39. The fourth-order valence-corrected chi connectivity index (χ4v) is 5.11. The Balaban J connectivity index is 1.71. The molecule has 0 aromatic heterocycles. The van der Waals surface area contributed by atoms with Gasteiger partial charge in [0.15, 0.2) is 0 Å². The van der Waals surface area contributed by atoms with Crippen LogP contribution in [-0.4, -0.2) is 43.7 Å². The predicted molar refractivity (Wildman–Crippen MR) is 92.6 cm³/mol. The van der Waals surface area contributed by atoms with Crippen LogP contribution in [0.15, 0.2) is 22.7 Å². The molecule has 0 aliphatic carbocycles. The highest BCUT2D eigenvalue weighted by Gasteiger charge is 2.52. The lowest BCUT2D eigenvalue weighted by atomic mass is 9.68. The van der Waals surface area contributed by atoms with Gasteiger partial charge in [-0.15, -0.1) is 0 Å². The number of hydrogen-bond acceptors (Lipinski definition) is 3. The summed E-state index contributed by atoms with van der Waals surface area (Å²) < 4.78 is 7.79. The maximum absolute atomic E-state index is 6.61. The molecule has 1 N–H and O–H groups in total. The first-order valence-corrected chi connectivity index (χ1v) is 9.35. The number of nitrogens with one attached hydrogen (secondary N) is 1. The first-order chi connectivity index (χ1) is 10.7. The van der Waals surface area contributed by atoms with E-state index in [9.17, 15) is 0 Å². The molecule has 0 bridgehead atoms. The van der Waals surface area contributed by atoms with E-state index in [2.05, 4.69) is 51.4 Å². The monoisotopic (exact) mass is 364 g/mol. The molecule has 1 spiro atoms. The summed E-state index contributed by atoms with van der Waals surface area (Å²) in [4.78, 5) is 2.46. The summed E-state index contributed by atoms with van der Waals surface area (Å²) >= 11 is 3.66. The summed E-state index contributed by atoms with van der Waals surface area (Å²) in [7, 11) is 2.24. The van der Waals surface area contributed by atoms with Crippen LogP contribution >= 0.6 is 15.9 Å². The number of hydrogen-bond donors (Lipinski definition) is 1. The van der Waals surface area contributed by atoms with Crippen LogP contribution < -0.4 is 10.1 Å². The average Bonchev–Trinajstić information content (AvgIpc) is 2.82. The Labute approximate surface area is 141 Å². The Morgan fingerprint density at radius 2 is 1.95 bits per heavy atom. The van der Waals surface area contributed by atoms with Gasteiger partial charge in [0.05, 0.1) is 0 Å². The fourth-order valence-electron chi connectivity index (χ4n) is 4.73. The third-order valence-electron chi connectivity index (χ3n) is 5.87. The Morgan fingerprint density at radius 1 is 1.23 bits per heavy atom. The molecular formula is C18H25BrN2O. The van der Waals surface area contributed by atoms with Crippen LogP contribution in [0, 0.1) is 5.92 Å². The highest BCUT2D eigenvalue weighted by molar-refractivity contribution is 9.10. The fraction of sp³-hybridized carbons (Fsp3) is 0.667. The standard InChI is InChI=1S/C18H25BrN2O/c1-21-10-4-13(5-11-21)17-15-12-14(19)2-3-16(15)22-18(17)6-8-20-9-7-18/h2-3,12-13,17,20H,4-11H2,1H3/t17-/m1/s1. The molecule has 2 saturated heterocycles. The molecule has 2 fully saturated rings. The highest BCUT2D eigenvalue weighted by Crippen LogP contribution is 2.54. The van der Waals surface area contributed by atoms with Crippen LogP contribution in [-0.2, 0) is 0 Å². The minimum atomic E-state index is 0.0367. The van der Waals surface area contributed by atoms with Crippen LogP contribution in [0.2, 0.25) is 0 Å². The van der Waals surface area contributed by atoms with Gasteiger partial charge in [0.1, 0.15) is 11.4 Å². The Hall–Kier alpha value is -0.580. The number of likely N-dealkylation sites (tertiary alicyclic amines) is 1. The van der Waals surface area contributed by atoms with Crippen molar-refractivity contribution in [3.8, 4) is 5.75 Å². The van der Waals surface area contributed by atoms with Crippen molar-refractivity contribution < 1.29 is 4.74 Å². The third-order valence-corrected chi connectivity index (χ3v) is 6.36. The average molecular weight is 365 g/mol. The smallest absolute Gasteiger partial charge is 0.123 e. The molecule has 4 heteroatoms. The van der Waals surface area contributed by atoms with Crippen molar-refractivity contribution in [2.75, 3.05) is 33.2 Å². The Morgan fingerprint density at radius 3 is 2.68 bits per heavy atom. The van der Waals surface area contributed by atoms with Crippen LogP contribution in [0.25, 0.3) is 0 Å². The van der Waals surface area contributed by atoms with Gasteiger partial charge in [-0.3, -0.25) is 0 Å². The van der Waals surface area contributed by atoms with E-state index in [4.69, 9.17) is 4.74 Å². The van der Waals surface area contributed by atoms with E-state index >= 15 is 0 Å². The lowest BCUT2D eigenvalue weighted by Gasteiger charge is -2.43. The maximum atomic E-state index is 6.61. The zero-order valence-electron chi connectivity index (χ0n) is 13.3. The number of ether oxygens (including phenoxy) is 1.